The van der Waals surface area contributed by atoms with Gasteiger partial charge in [-0.25, -0.2) is 15.0 Å². The Hall–Kier alpha value is -3.22. The third kappa shape index (κ3) is 3.40. The molecule has 0 aliphatic heterocycles. The molecule has 0 aliphatic carbocycles. The number of nitrogens with two attached hydrogens (primary N) is 1. The van der Waals surface area contributed by atoms with Crippen molar-refractivity contribution in [3.8, 4) is 0 Å². The fourth-order valence-electron chi connectivity index (χ4n) is 2.41. The second kappa shape index (κ2) is 6.91. The molecule has 7 nitrogen and oxygen atoms in total. The number of nitrogen functional groups attached to an aromatic ring is 1. The number of benzene rings is 1. The van der Waals surface area contributed by atoms with E-state index < -0.39 is 0 Å². The first kappa shape index (κ1) is 15.7. The topological polar surface area (TPSA) is 106 Å². The first-order chi connectivity index (χ1) is 11.7. The van der Waals surface area contributed by atoms with Crippen LogP contribution in [0.2, 0.25) is 0 Å². The second-order valence-corrected chi connectivity index (χ2v) is 5.24. The molecule has 0 aliphatic rings. The summed E-state index contributed by atoms with van der Waals surface area (Å²) in [5, 5.41) is 6.65. The molecule has 0 saturated carbocycles. The number of amides is 1. The Bertz CT molecular complexity index is 880. The Morgan fingerprint density at radius 3 is 2.83 bits per heavy atom. The van der Waals surface area contributed by atoms with Crippen LogP contribution in [-0.4, -0.2) is 27.4 Å². The highest BCUT2D eigenvalue weighted by Crippen LogP contribution is 2.19. The summed E-state index contributed by atoms with van der Waals surface area (Å²) in [5.74, 6) is 0.790. The predicted molar refractivity (Wildman–Crippen MR) is 94.7 cm³/mol. The molecule has 0 spiro atoms. The lowest BCUT2D eigenvalue weighted by Crippen LogP contribution is -2.23. The van der Waals surface area contributed by atoms with Gasteiger partial charge in [-0.2, -0.15) is 0 Å². The van der Waals surface area contributed by atoms with Crippen LogP contribution in [0.3, 0.4) is 0 Å². The summed E-state index contributed by atoms with van der Waals surface area (Å²) >= 11 is 0. The van der Waals surface area contributed by atoms with Gasteiger partial charge in [-0.15, -0.1) is 0 Å². The van der Waals surface area contributed by atoms with Crippen molar-refractivity contribution in [1.82, 2.24) is 15.0 Å². The smallest absolute Gasteiger partial charge is 0.243 e. The number of aryl methyl sites for hydroxylation is 1. The van der Waals surface area contributed by atoms with Crippen LogP contribution in [0, 0.1) is 0 Å². The predicted octanol–water partition coefficient (Wildman–Crippen LogP) is 2.22. The number of para-hydroxylation sites is 1. The average molecular weight is 322 g/mol. The van der Waals surface area contributed by atoms with Gasteiger partial charge in [-0.1, -0.05) is 25.1 Å². The van der Waals surface area contributed by atoms with Crippen LogP contribution in [0.5, 0.6) is 0 Å². The summed E-state index contributed by atoms with van der Waals surface area (Å²) < 4.78 is 0. The standard InChI is InChI=1S/C17H18N6O/c1-2-11-5-3-4-6-13(11)22-15(24)9-19-16-12-7-8-14(18)23-17(12)21-10-20-16/h3-8,10H,2,9H2,1H3,(H,22,24)(H3,18,19,20,21,23). The minimum atomic E-state index is -0.147. The number of nitrogens with zero attached hydrogens (tertiary/aromatic N) is 3. The molecule has 0 saturated heterocycles. The third-order valence-corrected chi connectivity index (χ3v) is 3.61. The van der Waals surface area contributed by atoms with Gasteiger partial charge in [0.25, 0.3) is 0 Å². The Labute approximate surface area is 139 Å². The molecule has 7 heteroatoms. The molecule has 0 unspecified atom stereocenters. The number of carbonyl (C=O) groups excluding carboxylic acids is 1. The first-order valence-electron chi connectivity index (χ1n) is 7.66. The van der Waals surface area contributed by atoms with Gasteiger partial charge in [-0.3, -0.25) is 4.79 Å². The fraction of sp³-hybridized carbons (Fsp3) is 0.176. The Morgan fingerprint density at radius 1 is 1.17 bits per heavy atom. The zero-order valence-electron chi connectivity index (χ0n) is 13.3. The van der Waals surface area contributed by atoms with E-state index in [2.05, 4.69) is 32.5 Å². The maximum absolute atomic E-state index is 12.2. The van der Waals surface area contributed by atoms with Gasteiger partial charge >= 0.3 is 0 Å². The van der Waals surface area contributed by atoms with Gasteiger partial charge in [0.1, 0.15) is 18.0 Å². The molecule has 1 amide bonds. The molecule has 3 rings (SSSR count). The third-order valence-electron chi connectivity index (χ3n) is 3.61. The average Bonchev–Trinajstić information content (AvgIpc) is 2.60. The van der Waals surface area contributed by atoms with Crippen LogP contribution >= 0.6 is 0 Å². The maximum atomic E-state index is 12.2. The van der Waals surface area contributed by atoms with Crippen LogP contribution in [0.4, 0.5) is 17.3 Å². The zero-order valence-corrected chi connectivity index (χ0v) is 13.3. The molecular formula is C17H18N6O. The number of hydrogen-bond donors (Lipinski definition) is 3. The normalized spacial score (nSPS) is 10.5. The summed E-state index contributed by atoms with van der Waals surface area (Å²) in [5.41, 5.74) is 8.07. The number of aromatic nitrogens is 3. The summed E-state index contributed by atoms with van der Waals surface area (Å²) in [6.45, 7) is 2.14. The van der Waals surface area contributed by atoms with Crippen LogP contribution in [-0.2, 0) is 11.2 Å². The van der Waals surface area contributed by atoms with E-state index in [0.29, 0.717) is 22.7 Å². The van der Waals surface area contributed by atoms with E-state index in [0.717, 1.165) is 17.7 Å². The SMILES string of the molecule is CCc1ccccc1NC(=O)CNc1ncnc2nc(N)ccc12. The van der Waals surface area contributed by atoms with E-state index in [1.165, 1.54) is 6.33 Å². The molecule has 0 radical (unpaired) electrons. The van der Waals surface area contributed by atoms with Crippen molar-refractivity contribution in [2.45, 2.75) is 13.3 Å². The van der Waals surface area contributed by atoms with Gasteiger partial charge in [0.2, 0.25) is 5.91 Å². The lowest BCUT2D eigenvalue weighted by molar-refractivity contribution is -0.114. The van der Waals surface area contributed by atoms with Gasteiger partial charge in [0.05, 0.1) is 11.9 Å². The van der Waals surface area contributed by atoms with Gasteiger partial charge in [-0.05, 0) is 30.2 Å². The monoisotopic (exact) mass is 322 g/mol. The van der Waals surface area contributed by atoms with E-state index in [9.17, 15) is 4.79 Å². The largest absolute Gasteiger partial charge is 0.384 e. The lowest BCUT2D eigenvalue weighted by Gasteiger charge is -2.11. The number of carbonyl (C=O) groups is 1. The molecule has 1 aromatic carbocycles. The van der Waals surface area contributed by atoms with Crippen LogP contribution < -0.4 is 16.4 Å². The number of hydrogen-bond acceptors (Lipinski definition) is 6. The fourth-order valence-corrected chi connectivity index (χ4v) is 2.41. The summed E-state index contributed by atoms with van der Waals surface area (Å²) in [6, 6.07) is 11.2. The van der Waals surface area contributed by atoms with E-state index in [-0.39, 0.29) is 12.5 Å². The Kier molecular flexibility index (Phi) is 4.51. The molecule has 4 N–H and O–H groups in total. The van der Waals surface area contributed by atoms with Crippen molar-refractivity contribution in [1.29, 1.82) is 0 Å². The van der Waals surface area contributed by atoms with E-state index >= 15 is 0 Å². The second-order valence-electron chi connectivity index (χ2n) is 5.24. The van der Waals surface area contributed by atoms with Crippen molar-refractivity contribution in [3.05, 3.63) is 48.3 Å². The highest BCUT2D eigenvalue weighted by molar-refractivity contribution is 5.96. The molecule has 24 heavy (non-hydrogen) atoms. The number of fused-ring (bicyclic) bond motifs is 1. The van der Waals surface area contributed by atoms with Crippen molar-refractivity contribution in [3.63, 3.8) is 0 Å². The molecular weight excluding hydrogens is 304 g/mol. The molecule has 3 aromatic rings. The quantitative estimate of drug-likeness (QED) is 0.665. The molecule has 2 heterocycles. The number of rotatable bonds is 5. The van der Waals surface area contributed by atoms with Gasteiger partial charge in [0, 0.05) is 5.69 Å². The van der Waals surface area contributed by atoms with E-state index in [1.807, 2.05) is 24.3 Å². The minimum Gasteiger partial charge on any atom is -0.384 e. The molecule has 122 valence electrons. The summed E-state index contributed by atoms with van der Waals surface area (Å²) in [7, 11) is 0. The van der Waals surface area contributed by atoms with E-state index in [1.54, 1.807) is 12.1 Å². The number of anilines is 3. The van der Waals surface area contributed by atoms with E-state index in [4.69, 9.17) is 5.73 Å². The highest BCUT2D eigenvalue weighted by Gasteiger charge is 2.08. The van der Waals surface area contributed by atoms with Crippen LogP contribution in [0.15, 0.2) is 42.7 Å². The lowest BCUT2D eigenvalue weighted by atomic mass is 10.1. The summed E-state index contributed by atoms with van der Waals surface area (Å²) in [4.78, 5) is 24.6. The van der Waals surface area contributed by atoms with Crippen molar-refractivity contribution < 1.29 is 4.79 Å². The minimum absolute atomic E-state index is 0.0918. The molecule has 0 atom stereocenters. The van der Waals surface area contributed by atoms with Crippen LogP contribution in [0.25, 0.3) is 11.0 Å². The Morgan fingerprint density at radius 2 is 2.00 bits per heavy atom. The van der Waals surface area contributed by atoms with Crippen molar-refractivity contribution in [2.75, 3.05) is 22.9 Å². The van der Waals surface area contributed by atoms with Gasteiger partial charge in [0.15, 0.2) is 5.65 Å². The molecule has 0 fully saturated rings. The van der Waals surface area contributed by atoms with Crippen molar-refractivity contribution in [2.24, 2.45) is 0 Å². The maximum Gasteiger partial charge on any atom is 0.243 e. The molecule has 0 bridgehead atoms. The van der Waals surface area contributed by atoms with Crippen LogP contribution in [0.1, 0.15) is 12.5 Å². The number of pyridine rings is 1. The number of nitrogens with one attached hydrogen (secondary N) is 2. The first-order valence-corrected chi connectivity index (χ1v) is 7.66. The zero-order chi connectivity index (χ0) is 16.9. The highest BCUT2D eigenvalue weighted by atomic mass is 16.1. The van der Waals surface area contributed by atoms with Crippen molar-refractivity contribution >= 4 is 34.3 Å². The van der Waals surface area contributed by atoms with Gasteiger partial charge < -0.3 is 16.4 Å². The Balaban J connectivity index is 1.71. The molecule has 2 aromatic heterocycles. The summed E-state index contributed by atoms with van der Waals surface area (Å²) in [6.07, 6.45) is 2.24.